The normalized spacial score (nSPS) is 44.7. The maximum atomic E-state index is 10.8. The van der Waals surface area contributed by atoms with Crippen LogP contribution in [-0.2, 0) is 14.2 Å². The summed E-state index contributed by atoms with van der Waals surface area (Å²) in [5, 5.41) is 30.7. The number of carbonyl (C=O) groups excluding carboxylic acids is 1. The second-order valence-corrected chi connectivity index (χ2v) is 3.72. The van der Waals surface area contributed by atoms with Crippen LogP contribution in [0.15, 0.2) is 0 Å². The van der Waals surface area contributed by atoms with E-state index in [-0.39, 0.29) is 12.5 Å². The first kappa shape index (κ1) is 10.8. The number of aliphatic hydroxyl groups excluding tert-OH is 3. The van der Waals surface area contributed by atoms with Gasteiger partial charge in [0.25, 0.3) is 0 Å². The van der Waals surface area contributed by atoms with E-state index in [1.807, 2.05) is 0 Å². The number of rotatable bonds is 2. The van der Waals surface area contributed by atoms with Crippen LogP contribution in [0, 0.1) is 0 Å². The van der Waals surface area contributed by atoms with Gasteiger partial charge in [-0.1, -0.05) is 0 Å². The minimum absolute atomic E-state index is 0.315. The zero-order valence-electron chi connectivity index (χ0n) is 8.16. The first-order valence-electron chi connectivity index (χ1n) is 4.69. The molecule has 0 saturated carbocycles. The molecule has 2 aliphatic heterocycles. The number of carbonyl (C=O) groups is 1. The quantitative estimate of drug-likeness (QED) is 0.232. The molecule has 1 amide bonds. The number of nitrogens with one attached hydrogen (secondary N) is 1. The van der Waals surface area contributed by atoms with Crippen LogP contribution in [0.1, 0.15) is 6.92 Å². The zero-order valence-corrected chi connectivity index (χ0v) is 8.16. The zero-order chi connectivity index (χ0) is 11.2. The highest BCUT2D eigenvalue weighted by molar-refractivity contribution is 5.73. The summed E-state index contributed by atoms with van der Waals surface area (Å²) >= 11 is 0. The predicted molar refractivity (Wildman–Crippen MR) is 46.5 cm³/mol. The highest BCUT2D eigenvalue weighted by Gasteiger charge is 2.69. The Morgan fingerprint density at radius 3 is 2.67 bits per heavy atom. The Hall–Kier alpha value is -0.730. The third-order valence-electron chi connectivity index (χ3n) is 2.64. The molecule has 0 unspecified atom stereocenters. The molecule has 2 rings (SSSR count). The number of fused-ring (bicyclic) bond motifs is 1. The van der Waals surface area contributed by atoms with E-state index in [0.29, 0.717) is 0 Å². The molecular weight excluding hydrogens is 206 g/mol. The van der Waals surface area contributed by atoms with Crippen molar-refractivity contribution in [2.24, 2.45) is 0 Å². The molecule has 0 aromatic rings. The van der Waals surface area contributed by atoms with Crippen molar-refractivity contribution in [3.63, 3.8) is 0 Å². The minimum atomic E-state index is -1.17. The molecule has 0 spiro atoms. The van der Waals surface area contributed by atoms with Crippen molar-refractivity contribution in [2.75, 3.05) is 6.61 Å². The third-order valence-corrected chi connectivity index (χ3v) is 2.64. The van der Waals surface area contributed by atoms with Gasteiger partial charge in [0.15, 0.2) is 12.1 Å². The summed E-state index contributed by atoms with van der Waals surface area (Å²) in [6, 6.07) is -0.690. The first-order valence-corrected chi connectivity index (χ1v) is 4.69. The lowest BCUT2D eigenvalue weighted by atomic mass is 9.98. The van der Waals surface area contributed by atoms with E-state index in [4.69, 9.17) is 9.99 Å². The Balaban J connectivity index is 2.08. The predicted octanol–water partition coefficient (Wildman–Crippen LogP) is -2.59. The van der Waals surface area contributed by atoms with Crippen LogP contribution >= 0.6 is 0 Å². The van der Waals surface area contributed by atoms with Gasteiger partial charge < -0.3 is 20.6 Å². The molecule has 0 aliphatic carbocycles. The molecule has 7 heteroatoms. The lowest BCUT2D eigenvalue weighted by molar-refractivity contribution is -0.265. The molecule has 86 valence electrons. The first-order chi connectivity index (χ1) is 7.06. The van der Waals surface area contributed by atoms with E-state index in [1.165, 1.54) is 6.92 Å². The Morgan fingerprint density at radius 2 is 2.13 bits per heavy atom. The molecule has 2 fully saturated rings. The van der Waals surface area contributed by atoms with Gasteiger partial charge in [0.05, 0.1) is 0 Å². The number of hydrogen-bond donors (Lipinski definition) is 4. The van der Waals surface area contributed by atoms with Crippen molar-refractivity contribution in [1.82, 2.24) is 5.32 Å². The summed E-state index contributed by atoms with van der Waals surface area (Å²) in [6.45, 7) is 0.973. The Morgan fingerprint density at radius 1 is 1.47 bits per heavy atom. The summed E-state index contributed by atoms with van der Waals surface area (Å²) in [5.41, 5.74) is 0. The van der Waals surface area contributed by atoms with Gasteiger partial charge in [0, 0.05) is 6.92 Å². The average Bonchev–Trinajstić information content (AvgIpc) is 2.92. The summed E-state index contributed by atoms with van der Waals surface area (Å²) in [7, 11) is 0. The van der Waals surface area contributed by atoms with Crippen molar-refractivity contribution in [3.05, 3.63) is 0 Å². The fourth-order valence-corrected chi connectivity index (χ4v) is 1.84. The summed E-state index contributed by atoms with van der Waals surface area (Å²) < 4.78 is 2.21. The van der Waals surface area contributed by atoms with Crippen molar-refractivity contribution < 1.29 is 29.5 Å². The summed E-state index contributed by atoms with van der Waals surface area (Å²) in [5.74, 6) is -0.315. The monoisotopic (exact) mass is 220 g/mol. The lowest BCUT2D eigenvalue weighted by Gasteiger charge is -2.28. The largest absolute Gasteiger partial charge is 0.393 e. The smallest absolute Gasteiger partial charge is 0.388 e. The summed E-state index contributed by atoms with van der Waals surface area (Å²) in [4.78, 5) is 15.8. The fourth-order valence-electron chi connectivity index (χ4n) is 1.84. The van der Waals surface area contributed by atoms with Gasteiger partial charge in [-0.05, 0) is 4.89 Å². The maximum Gasteiger partial charge on any atom is 0.393 e. The molecule has 0 aromatic carbocycles. The number of amides is 1. The van der Waals surface area contributed by atoms with Gasteiger partial charge in [-0.2, -0.15) is 4.52 Å². The standard InChI is InChI=1S/C8H13NO6/c1-3(11)9-5-7(13)6(12)4(2-10)15-8(5)14-15/h4-8,10,12-13H,2H2,1H3/p+1/t4-,5-,6-,7-,8+/m1/s1. The van der Waals surface area contributed by atoms with Crippen LogP contribution in [0.25, 0.3) is 0 Å². The van der Waals surface area contributed by atoms with Crippen LogP contribution in [0.3, 0.4) is 0 Å². The average molecular weight is 220 g/mol. The molecule has 15 heavy (non-hydrogen) atoms. The molecule has 7 nitrogen and oxygen atoms in total. The highest BCUT2D eigenvalue weighted by Crippen LogP contribution is 2.41. The number of aliphatic hydroxyl groups is 3. The van der Waals surface area contributed by atoms with E-state index in [0.717, 1.165) is 0 Å². The van der Waals surface area contributed by atoms with Crippen LogP contribution in [0.2, 0.25) is 0 Å². The lowest BCUT2D eigenvalue weighted by Crippen LogP contribution is -2.59. The second kappa shape index (κ2) is 3.69. The van der Waals surface area contributed by atoms with Crippen LogP contribution in [0.5, 0.6) is 0 Å². The Labute approximate surface area is 85.9 Å². The number of hydrogen-bond acceptors (Lipinski definition) is 5. The molecule has 0 radical (unpaired) electrons. The van der Waals surface area contributed by atoms with E-state index in [2.05, 4.69) is 9.83 Å². The van der Waals surface area contributed by atoms with E-state index in [1.54, 1.807) is 0 Å². The van der Waals surface area contributed by atoms with E-state index in [9.17, 15) is 15.0 Å². The molecule has 5 atom stereocenters. The minimum Gasteiger partial charge on any atom is -0.388 e. The van der Waals surface area contributed by atoms with E-state index >= 15 is 0 Å². The Kier molecular flexibility index (Phi) is 2.65. The van der Waals surface area contributed by atoms with Crippen molar-refractivity contribution in [1.29, 1.82) is 0 Å². The van der Waals surface area contributed by atoms with Crippen LogP contribution < -0.4 is 5.32 Å². The van der Waals surface area contributed by atoms with Crippen LogP contribution in [-0.4, -0.2) is 58.5 Å². The molecule has 2 aliphatic rings. The van der Waals surface area contributed by atoms with Crippen molar-refractivity contribution >= 4 is 5.91 Å². The van der Waals surface area contributed by atoms with Gasteiger partial charge in [-0.25, -0.2) is 0 Å². The fraction of sp³-hybridized carbons (Fsp3) is 0.875. The molecule has 2 heterocycles. The highest BCUT2D eigenvalue weighted by atomic mass is 17.5. The van der Waals surface area contributed by atoms with Gasteiger partial charge in [0.2, 0.25) is 12.0 Å². The molecular formula is C8H14NO6+. The van der Waals surface area contributed by atoms with Crippen LogP contribution in [0.4, 0.5) is 0 Å². The molecule has 4 N–H and O–H groups in total. The molecule has 0 aromatic heterocycles. The topological polar surface area (TPSA) is 105 Å². The van der Waals surface area contributed by atoms with Crippen molar-refractivity contribution in [3.8, 4) is 0 Å². The summed E-state index contributed by atoms with van der Waals surface area (Å²) in [6.07, 6.45) is -3.57. The molecule has 0 bridgehead atoms. The van der Waals surface area contributed by atoms with Gasteiger partial charge in [0.1, 0.15) is 12.7 Å². The van der Waals surface area contributed by atoms with Gasteiger partial charge in [-0.15, -0.1) is 0 Å². The van der Waals surface area contributed by atoms with Gasteiger partial charge in [-0.3, -0.25) is 4.79 Å². The van der Waals surface area contributed by atoms with E-state index < -0.39 is 30.6 Å². The third kappa shape index (κ3) is 1.72. The second-order valence-electron chi connectivity index (χ2n) is 3.72. The van der Waals surface area contributed by atoms with Gasteiger partial charge >= 0.3 is 6.29 Å². The Bertz CT molecular complexity index is 272. The molecule has 2 saturated heterocycles. The SMILES string of the molecule is CC(=O)N[C@@H]1[C@@H](O)[C@H](O)[C@@H](CO)[O+]2O[C@H]12. The van der Waals surface area contributed by atoms with Crippen molar-refractivity contribution in [2.45, 2.75) is 37.6 Å². The maximum absolute atomic E-state index is 10.8.